The molecule has 0 N–H and O–H groups in total. The fourth-order valence-corrected chi connectivity index (χ4v) is 1.54. The summed E-state index contributed by atoms with van der Waals surface area (Å²) in [4.78, 5) is 0. The van der Waals surface area contributed by atoms with Crippen LogP contribution in [0.4, 0.5) is 0 Å². The van der Waals surface area contributed by atoms with E-state index >= 15 is 0 Å². The van der Waals surface area contributed by atoms with Gasteiger partial charge in [-0.3, -0.25) is 0 Å². The van der Waals surface area contributed by atoms with Crippen LogP contribution in [0.3, 0.4) is 0 Å². The van der Waals surface area contributed by atoms with Gasteiger partial charge in [-0.2, -0.15) is 18.2 Å². The average molecular weight is 290 g/mol. The molecule has 1 aliphatic rings. The summed E-state index contributed by atoms with van der Waals surface area (Å²) in [7, 11) is 0. The number of benzene rings is 1. The summed E-state index contributed by atoms with van der Waals surface area (Å²) in [6.07, 6.45) is 8.25. The standard InChI is InChI=1S/C13H10.C5H5.Co/c1-2-6-12(7-3-1)10-11-13-8-4-5-9-13;1-2-4-5-3-1;/h1-9,13H;1-5H;/q;-1;. The predicted octanol–water partition coefficient (Wildman–Crippen LogP) is 4.18. The van der Waals surface area contributed by atoms with E-state index in [0.29, 0.717) is 5.92 Å². The van der Waals surface area contributed by atoms with Gasteiger partial charge in [0.1, 0.15) is 0 Å². The molecule has 0 saturated carbocycles. The minimum atomic E-state index is 0. The second kappa shape index (κ2) is 9.10. The SMILES string of the molecule is C(#CC1C=CC=C1)c1ccccc1.[Co].c1cc[cH-]c1. The van der Waals surface area contributed by atoms with Crippen LogP contribution in [-0.2, 0) is 16.8 Å². The molecule has 0 amide bonds. The summed E-state index contributed by atoms with van der Waals surface area (Å²) in [5.74, 6) is 6.61. The zero-order chi connectivity index (χ0) is 12.5. The van der Waals surface area contributed by atoms with Gasteiger partial charge < -0.3 is 0 Å². The van der Waals surface area contributed by atoms with Crippen molar-refractivity contribution < 1.29 is 16.8 Å². The third-order valence-electron chi connectivity index (χ3n) is 2.46. The molecule has 97 valence electrons. The van der Waals surface area contributed by atoms with Crippen molar-refractivity contribution in [1.82, 2.24) is 0 Å². The third kappa shape index (κ3) is 6.01. The Hall–Kier alpha value is -1.88. The first-order valence-electron chi connectivity index (χ1n) is 6.03. The molecule has 3 rings (SSSR count). The van der Waals surface area contributed by atoms with Gasteiger partial charge in [0.25, 0.3) is 0 Å². The van der Waals surface area contributed by atoms with Crippen molar-refractivity contribution >= 4 is 0 Å². The van der Waals surface area contributed by atoms with E-state index in [2.05, 4.69) is 24.0 Å². The number of allylic oxidation sites excluding steroid dienone is 4. The second-order valence-corrected chi connectivity index (χ2v) is 3.89. The quantitative estimate of drug-likeness (QED) is 0.504. The molecule has 0 unspecified atom stereocenters. The molecular weight excluding hydrogens is 275 g/mol. The molecule has 0 aromatic heterocycles. The maximum absolute atomic E-state index is 3.17. The van der Waals surface area contributed by atoms with Crippen LogP contribution in [0.1, 0.15) is 5.56 Å². The Bertz CT molecular complexity index is 522. The summed E-state index contributed by atoms with van der Waals surface area (Å²) in [6.45, 7) is 0. The third-order valence-corrected chi connectivity index (χ3v) is 2.46. The van der Waals surface area contributed by atoms with Crippen LogP contribution >= 0.6 is 0 Å². The van der Waals surface area contributed by atoms with Crippen molar-refractivity contribution in [2.45, 2.75) is 0 Å². The molecule has 0 atom stereocenters. The molecule has 2 aromatic rings. The maximum Gasteiger partial charge on any atom is 0.0573 e. The smallest absolute Gasteiger partial charge is 0.0573 e. The molecule has 1 radical (unpaired) electrons. The van der Waals surface area contributed by atoms with Crippen molar-refractivity contribution in [3.8, 4) is 11.8 Å². The molecule has 0 fully saturated rings. The van der Waals surface area contributed by atoms with Crippen LogP contribution in [0.15, 0.2) is 85.0 Å². The molecule has 0 spiro atoms. The van der Waals surface area contributed by atoms with Crippen LogP contribution in [0.2, 0.25) is 0 Å². The minimum Gasteiger partial charge on any atom is -0.214 e. The van der Waals surface area contributed by atoms with Gasteiger partial charge >= 0.3 is 0 Å². The van der Waals surface area contributed by atoms with E-state index in [4.69, 9.17) is 0 Å². The van der Waals surface area contributed by atoms with E-state index in [1.165, 1.54) is 0 Å². The molecule has 0 bridgehead atoms. The van der Waals surface area contributed by atoms with Gasteiger partial charge in [-0.1, -0.05) is 54.3 Å². The van der Waals surface area contributed by atoms with Gasteiger partial charge in [-0.05, 0) is 12.1 Å². The Morgan fingerprint density at radius 2 is 1.47 bits per heavy atom. The van der Waals surface area contributed by atoms with Crippen molar-refractivity contribution in [3.05, 3.63) is 90.5 Å². The molecule has 0 nitrogen and oxygen atoms in total. The number of hydrogen-bond donors (Lipinski definition) is 0. The summed E-state index contributed by atoms with van der Waals surface area (Å²) in [6, 6.07) is 20.1. The van der Waals surface area contributed by atoms with Gasteiger partial charge in [0.2, 0.25) is 0 Å². The molecule has 1 heteroatoms. The van der Waals surface area contributed by atoms with E-state index in [1.54, 1.807) is 0 Å². The fourth-order valence-electron chi connectivity index (χ4n) is 1.54. The van der Waals surface area contributed by atoms with Crippen molar-refractivity contribution in [1.29, 1.82) is 0 Å². The molecular formula is C18H15Co-. The van der Waals surface area contributed by atoms with E-state index < -0.39 is 0 Å². The predicted molar refractivity (Wildman–Crippen MR) is 77.1 cm³/mol. The zero-order valence-corrected chi connectivity index (χ0v) is 11.5. The van der Waals surface area contributed by atoms with Gasteiger partial charge in [0.05, 0.1) is 5.92 Å². The monoisotopic (exact) mass is 290 g/mol. The average Bonchev–Trinajstić information content (AvgIpc) is 3.13. The van der Waals surface area contributed by atoms with Crippen molar-refractivity contribution in [3.63, 3.8) is 0 Å². The number of hydrogen-bond acceptors (Lipinski definition) is 0. The van der Waals surface area contributed by atoms with Crippen LogP contribution in [0.5, 0.6) is 0 Å². The largest absolute Gasteiger partial charge is 0.214 e. The van der Waals surface area contributed by atoms with Crippen LogP contribution < -0.4 is 0 Å². The van der Waals surface area contributed by atoms with Gasteiger partial charge in [-0.25, -0.2) is 12.1 Å². The second-order valence-electron chi connectivity index (χ2n) is 3.89. The van der Waals surface area contributed by atoms with Gasteiger partial charge in [-0.15, -0.1) is 0 Å². The normalized spacial score (nSPS) is 11.8. The van der Waals surface area contributed by atoms with Crippen molar-refractivity contribution in [2.75, 3.05) is 0 Å². The molecule has 0 aliphatic heterocycles. The Labute approximate surface area is 125 Å². The molecule has 2 aromatic carbocycles. The Balaban J connectivity index is 0.000000256. The van der Waals surface area contributed by atoms with Crippen LogP contribution in [0, 0.1) is 17.8 Å². The Morgan fingerprint density at radius 3 is 2.00 bits per heavy atom. The maximum atomic E-state index is 3.17. The topological polar surface area (TPSA) is 0 Å². The summed E-state index contributed by atoms with van der Waals surface area (Å²) in [5, 5.41) is 0. The molecule has 19 heavy (non-hydrogen) atoms. The summed E-state index contributed by atoms with van der Waals surface area (Å²) >= 11 is 0. The molecule has 0 heterocycles. The van der Waals surface area contributed by atoms with E-state index in [-0.39, 0.29) is 16.8 Å². The fraction of sp³-hybridized carbons (Fsp3) is 0.0556. The first-order valence-corrected chi connectivity index (χ1v) is 6.03. The van der Waals surface area contributed by atoms with Crippen LogP contribution in [0.25, 0.3) is 0 Å². The molecule has 1 aliphatic carbocycles. The van der Waals surface area contributed by atoms with Gasteiger partial charge in [0.15, 0.2) is 0 Å². The first-order chi connectivity index (χ1) is 8.95. The van der Waals surface area contributed by atoms with E-state index in [1.807, 2.05) is 72.8 Å². The van der Waals surface area contributed by atoms with E-state index in [9.17, 15) is 0 Å². The first kappa shape index (κ1) is 15.2. The van der Waals surface area contributed by atoms with Crippen molar-refractivity contribution in [2.24, 2.45) is 5.92 Å². The van der Waals surface area contributed by atoms with Crippen LogP contribution in [-0.4, -0.2) is 0 Å². The molecule has 0 saturated heterocycles. The number of rotatable bonds is 0. The van der Waals surface area contributed by atoms with Gasteiger partial charge in [0, 0.05) is 22.3 Å². The summed E-state index contributed by atoms with van der Waals surface area (Å²) < 4.78 is 0. The van der Waals surface area contributed by atoms with E-state index in [0.717, 1.165) is 5.56 Å². The Kier molecular flexibility index (Phi) is 7.27. The Morgan fingerprint density at radius 1 is 0.842 bits per heavy atom. The minimum absolute atomic E-state index is 0. The summed E-state index contributed by atoms with van der Waals surface area (Å²) in [5.41, 5.74) is 1.08. The zero-order valence-electron chi connectivity index (χ0n) is 10.5.